The average molecular weight is 259 g/mol. The largest absolute Gasteiger partial charge is 0.296 e. The Morgan fingerprint density at radius 3 is 2.00 bits per heavy atom. The van der Waals surface area contributed by atoms with Crippen LogP contribution >= 0.6 is 0 Å². The molecule has 3 nitrogen and oxygen atoms in total. The van der Waals surface area contributed by atoms with E-state index >= 15 is 0 Å². The number of hydrogen-bond donors (Lipinski definition) is 0. The minimum absolute atomic E-state index is 1.11. The van der Waals surface area contributed by atoms with Crippen molar-refractivity contribution in [1.29, 1.82) is 0 Å². The molecule has 0 unspecified atom stereocenters. The van der Waals surface area contributed by atoms with Gasteiger partial charge in [-0.3, -0.25) is 4.90 Å². The maximum absolute atomic E-state index is 2.59. The summed E-state index contributed by atoms with van der Waals surface area (Å²) in [4.78, 5) is 2.58. The standard InChI is InChI=1S/C16H25N3/c1-3-7-16(8-4-1)15-17-11-13-19(14-12-17)18-9-5-2-6-10-18/h1,3-4,7-8H,2,5-6,9-15H2. The smallest absolute Gasteiger partial charge is 0.0261 e. The van der Waals surface area contributed by atoms with Gasteiger partial charge in [-0.05, 0) is 18.4 Å². The minimum Gasteiger partial charge on any atom is -0.296 e. The van der Waals surface area contributed by atoms with Crippen molar-refractivity contribution >= 4 is 0 Å². The molecule has 2 aliphatic heterocycles. The van der Waals surface area contributed by atoms with Crippen LogP contribution in [0.25, 0.3) is 0 Å². The van der Waals surface area contributed by atoms with E-state index in [1.54, 1.807) is 0 Å². The van der Waals surface area contributed by atoms with E-state index in [9.17, 15) is 0 Å². The van der Waals surface area contributed by atoms with Gasteiger partial charge in [0.15, 0.2) is 0 Å². The molecule has 2 saturated heterocycles. The second-order valence-electron chi connectivity index (χ2n) is 5.73. The van der Waals surface area contributed by atoms with Crippen molar-refractivity contribution in [3.05, 3.63) is 35.9 Å². The first-order valence-corrected chi connectivity index (χ1v) is 7.68. The van der Waals surface area contributed by atoms with Crippen LogP contribution in [0.2, 0.25) is 0 Å². The van der Waals surface area contributed by atoms with Crippen LogP contribution in [0.15, 0.2) is 30.3 Å². The molecule has 19 heavy (non-hydrogen) atoms. The summed E-state index contributed by atoms with van der Waals surface area (Å²) in [7, 11) is 0. The predicted molar refractivity (Wildman–Crippen MR) is 78.7 cm³/mol. The van der Waals surface area contributed by atoms with Gasteiger partial charge in [-0.15, -0.1) is 0 Å². The van der Waals surface area contributed by atoms with Crippen LogP contribution in [0.5, 0.6) is 0 Å². The molecule has 0 radical (unpaired) electrons. The van der Waals surface area contributed by atoms with E-state index in [0.717, 1.165) is 6.54 Å². The number of benzene rings is 1. The Morgan fingerprint density at radius 1 is 0.684 bits per heavy atom. The lowest BCUT2D eigenvalue weighted by atomic mass is 10.1. The second-order valence-corrected chi connectivity index (χ2v) is 5.73. The summed E-state index contributed by atoms with van der Waals surface area (Å²) in [5.41, 5.74) is 1.44. The maximum Gasteiger partial charge on any atom is 0.0261 e. The zero-order valence-corrected chi connectivity index (χ0v) is 11.8. The first-order valence-electron chi connectivity index (χ1n) is 7.68. The molecule has 2 aliphatic rings. The fourth-order valence-electron chi connectivity index (χ4n) is 3.18. The van der Waals surface area contributed by atoms with Crippen molar-refractivity contribution < 1.29 is 0 Å². The van der Waals surface area contributed by atoms with Gasteiger partial charge in [-0.1, -0.05) is 36.8 Å². The van der Waals surface area contributed by atoms with Gasteiger partial charge in [-0.2, -0.15) is 0 Å². The van der Waals surface area contributed by atoms with Crippen molar-refractivity contribution in [3.8, 4) is 0 Å². The molecule has 2 heterocycles. The molecule has 104 valence electrons. The van der Waals surface area contributed by atoms with E-state index in [0.29, 0.717) is 0 Å². The first-order chi connectivity index (χ1) is 9.42. The van der Waals surface area contributed by atoms with Gasteiger partial charge in [0.2, 0.25) is 0 Å². The molecule has 0 atom stereocenters. The van der Waals surface area contributed by atoms with Crippen molar-refractivity contribution in [2.75, 3.05) is 39.3 Å². The number of nitrogens with zero attached hydrogens (tertiary/aromatic N) is 3. The monoisotopic (exact) mass is 259 g/mol. The van der Waals surface area contributed by atoms with E-state index in [-0.39, 0.29) is 0 Å². The molecule has 0 spiro atoms. The lowest BCUT2D eigenvalue weighted by Crippen LogP contribution is -2.54. The Kier molecular flexibility index (Phi) is 4.49. The Bertz CT molecular complexity index is 365. The second kappa shape index (κ2) is 6.51. The summed E-state index contributed by atoms with van der Waals surface area (Å²) < 4.78 is 0. The van der Waals surface area contributed by atoms with Gasteiger partial charge >= 0.3 is 0 Å². The molecule has 0 aliphatic carbocycles. The summed E-state index contributed by atoms with van der Waals surface area (Å²) in [6.45, 7) is 8.46. The number of hydrazine groups is 1. The molecule has 1 aromatic carbocycles. The average Bonchev–Trinajstić information content (AvgIpc) is 2.50. The highest BCUT2D eigenvalue weighted by Crippen LogP contribution is 2.15. The van der Waals surface area contributed by atoms with Crippen molar-refractivity contribution in [2.45, 2.75) is 25.8 Å². The van der Waals surface area contributed by atoms with E-state index in [1.807, 2.05) is 0 Å². The molecule has 2 fully saturated rings. The number of rotatable bonds is 3. The van der Waals surface area contributed by atoms with Gasteiger partial charge in [0.25, 0.3) is 0 Å². The molecular formula is C16H25N3. The van der Waals surface area contributed by atoms with Crippen LogP contribution in [0.1, 0.15) is 24.8 Å². The zero-order valence-electron chi connectivity index (χ0n) is 11.8. The highest BCUT2D eigenvalue weighted by Gasteiger charge is 2.22. The Morgan fingerprint density at radius 2 is 1.32 bits per heavy atom. The van der Waals surface area contributed by atoms with Gasteiger partial charge in [0.05, 0.1) is 0 Å². The highest BCUT2D eigenvalue weighted by molar-refractivity contribution is 5.14. The molecule has 3 rings (SSSR count). The van der Waals surface area contributed by atoms with E-state index in [2.05, 4.69) is 45.2 Å². The molecule has 0 saturated carbocycles. The molecular weight excluding hydrogens is 234 g/mol. The van der Waals surface area contributed by atoms with Crippen LogP contribution in [0, 0.1) is 0 Å². The number of piperidine rings is 1. The maximum atomic E-state index is 2.59. The van der Waals surface area contributed by atoms with Crippen molar-refractivity contribution in [1.82, 2.24) is 14.9 Å². The summed E-state index contributed by atoms with van der Waals surface area (Å²) in [5.74, 6) is 0. The predicted octanol–water partition coefficient (Wildman–Crippen LogP) is 2.21. The SMILES string of the molecule is c1ccc(CN2CCN(N3CCCCC3)CC2)cc1. The molecule has 0 amide bonds. The van der Waals surface area contributed by atoms with E-state index < -0.39 is 0 Å². The van der Waals surface area contributed by atoms with Gasteiger partial charge < -0.3 is 0 Å². The normalized spacial score (nSPS) is 23.6. The lowest BCUT2D eigenvalue weighted by Gasteiger charge is -2.42. The summed E-state index contributed by atoms with van der Waals surface area (Å²) in [6.07, 6.45) is 4.18. The van der Waals surface area contributed by atoms with Crippen LogP contribution in [-0.4, -0.2) is 54.2 Å². The summed E-state index contributed by atoms with van der Waals surface area (Å²) in [5, 5.41) is 5.17. The topological polar surface area (TPSA) is 9.72 Å². The van der Waals surface area contributed by atoms with Crippen LogP contribution < -0.4 is 0 Å². The molecule has 0 aromatic heterocycles. The third-order valence-electron chi connectivity index (χ3n) is 4.33. The Hall–Kier alpha value is -0.900. The van der Waals surface area contributed by atoms with Crippen molar-refractivity contribution in [2.24, 2.45) is 0 Å². The third kappa shape index (κ3) is 3.56. The zero-order chi connectivity index (χ0) is 12.9. The van der Waals surface area contributed by atoms with Crippen molar-refractivity contribution in [3.63, 3.8) is 0 Å². The van der Waals surface area contributed by atoms with E-state index in [1.165, 1.54) is 64.1 Å². The van der Waals surface area contributed by atoms with Crippen LogP contribution in [0.4, 0.5) is 0 Å². The van der Waals surface area contributed by atoms with E-state index in [4.69, 9.17) is 0 Å². The molecule has 1 aromatic rings. The number of hydrogen-bond acceptors (Lipinski definition) is 3. The minimum atomic E-state index is 1.11. The van der Waals surface area contributed by atoms with Gasteiger partial charge in [0, 0.05) is 45.8 Å². The molecule has 0 N–H and O–H groups in total. The third-order valence-corrected chi connectivity index (χ3v) is 4.33. The highest BCUT2D eigenvalue weighted by atomic mass is 15.6. The Balaban J connectivity index is 1.46. The van der Waals surface area contributed by atoms with Gasteiger partial charge in [-0.25, -0.2) is 10.0 Å². The Labute approximate surface area is 116 Å². The van der Waals surface area contributed by atoms with Crippen LogP contribution in [0.3, 0.4) is 0 Å². The fourth-order valence-corrected chi connectivity index (χ4v) is 3.18. The summed E-state index contributed by atoms with van der Waals surface area (Å²) in [6, 6.07) is 10.8. The fraction of sp³-hybridized carbons (Fsp3) is 0.625. The first kappa shape index (κ1) is 13.1. The lowest BCUT2D eigenvalue weighted by molar-refractivity contribution is -0.0692. The quantitative estimate of drug-likeness (QED) is 0.824. The summed E-state index contributed by atoms with van der Waals surface area (Å²) >= 11 is 0. The molecule has 3 heteroatoms. The number of piperazine rings is 1. The van der Waals surface area contributed by atoms with Crippen LogP contribution in [-0.2, 0) is 6.54 Å². The van der Waals surface area contributed by atoms with Gasteiger partial charge in [0.1, 0.15) is 0 Å². The molecule has 0 bridgehead atoms.